The molecule has 2 fully saturated rings. The SMILES string of the molecule is CN1OC(=O)NC1C(=O)NCCC1CCN(C(=O)OCc2cc(Cl)cc(Cl)c2)CC1. The molecule has 1 aromatic rings. The predicted octanol–water partition coefficient (Wildman–Crippen LogP) is 2.76. The number of nitrogens with one attached hydrogen (secondary N) is 2. The van der Waals surface area contributed by atoms with Crippen LogP contribution in [0.15, 0.2) is 18.2 Å². The molecule has 11 heteroatoms. The van der Waals surface area contributed by atoms with Crippen molar-refractivity contribution in [1.29, 1.82) is 0 Å². The number of nitrogens with zero attached hydrogens (tertiary/aromatic N) is 2. The second kappa shape index (κ2) is 10.2. The highest BCUT2D eigenvalue weighted by molar-refractivity contribution is 6.34. The van der Waals surface area contributed by atoms with Gasteiger partial charge in [-0.05, 0) is 48.9 Å². The molecule has 2 N–H and O–H groups in total. The molecule has 0 bridgehead atoms. The van der Waals surface area contributed by atoms with Gasteiger partial charge in [-0.3, -0.25) is 10.1 Å². The Labute approximate surface area is 184 Å². The summed E-state index contributed by atoms with van der Waals surface area (Å²) in [7, 11) is 1.51. The van der Waals surface area contributed by atoms with E-state index in [1.165, 1.54) is 12.1 Å². The first kappa shape index (κ1) is 22.5. The summed E-state index contributed by atoms with van der Waals surface area (Å²) >= 11 is 11.9. The zero-order chi connectivity index (χ0) is 21.7. The molecular weight excluding hydrogens is 435 g/mol. The van der Waals surface area contributed by atoms with E-state index >= 15 is 0 Å². The van der Waals surface area contributed by atoms with Crippen LogP contribution in [-0.2, 0) is 21.0 Å². The van der Waals surface area contributed by atoms with Crippen molar-refractivity contribution in [3.05, 3.63) is 33.8 Å². The Hall–Kier alpha value is -2.23. The van der Waals surface area contributed by atoms with E-state index in [-0.39, 0.29) is 18.6 Å². The highest BCUT2D eigenvalue weighted by atomic mass is 35.5. The average molecular weight is 459 g/mol. The second-order valence-electron chi connectivity index (χ2n) is 7.31. The summed E-state index contributed by atoms with van der Waals surface area (Å²) < 4.78 is 5.36. The third kappa shape index (κ3) is 6.13. The van der Waals surface area contributed by atoms with E-state index in [9.17, 15) is 14.4 Å². The van der Waals surface area contributed by atoms with Gasteiger partial charge in [-0.2, -0.15) is 0 Å². The minimum atomic E-state index is -0.816. The van der Waals surface area contributed by atoms with E-state index in [0.29, 0.717) is 35.6 Å². The standard InChI is InChI=1S/C19H24Cl2N4O5/c1-24-16(23-18(27)30-24)17(26)22-5-2-12-3-6-25(7-4-12)19(28)29-11-13-8-14(20)10-15(21)9-13/h8-10,12,16H,2-7,11H2,1H3,(H,22,26)(H,23,27). The zero-order valence-electron chi connectivity index (χ0n) is 16.5. The van der Waals surface area contributed by atoms with Crippen LogP contribution >= 0.6 is 23.2 Å². The Bertz CT molecular complexity index is 781. The van der Waals surface area contributed by atoms with Gasteiger partial charge in [0, 0.05) is 36.7 Å². The Balaban J connectivity index is 1.33. The van der Waals surface area contributed by atoms with Gasteiger partial charge in [-0.1, -0.05) is 23.2 Å². The van der Waals surface area contributed by atoms with Crippen molar-refractivity contribution in [2.75, 3.05) is 26.7 Å². The first-order valence-electron chi connectivity index (χ1n) is 9.67. The van der Waals surface area contributed by atoms with Gasteiger partial charge in [0.1, 0.15) is 6.61 Å². The Kier molecular flexibility index (Phi) is 7.63. The van der Waals surface area contributed by atoms with Crippen LogP contribution in [-0.4, -0.2) is 60.9 Å². The molecule has 1 aromatic carbocycles. The van der Waals surface area contributed by atoms with Crippen molar-refractivity contribution < 1.29 is 24.0 Å². The van der Waals surface area contributed by atoms with Crippen LogP contribution in [0.1, 0.15) is 24.8 Å². The average Bonchev–Trinajstić information content (AvgIpc) is 3.04. The van der Waals surface area contributed by atoms with Gasteiger partial charge in [0.05, 0.1) is 0 Å². The number of ether oxygens (including phenoxy) is 1. The maximum Gasteiger partial charge on any atom is 0.428 e. The lowest BCUT2D eigenvalue weighted by atomic mass is 9.94. The highest BCUT2D eigenvalue weighted by Gasteiger charge is 2.34. The maximum absolute atomic E-state index is 12.3. The third-order valence-corrected chi connectivity index (χ3v) is 5.54. The molecule has 1 unspecified atom stereocenters. The fourth-order valence-electron chi connectivity index (χ4n) is 3.47. The van der Waals surface area contributed by atoms with Crippen molar-refractivity contribution in [3.63, 3.8) is 0 Å². The quantitative estimate of drug-likeness (QED) is 0.679. The summed E-state index contributed by atoms with van der Waals surface area (Å²) in [5.74, 6) is 0.0821. The minimum Gasteiger partial charge on any atom is -0.445 e. The molecule has 3 rings (SSSR count). The normalized spacial score (nSPS) is 19.9. The molecule has 0 spiro atoms. The van der Waals surface area contributed by atoms with Gasteiger partial charge in [-0.25, -0.2) is 9.59 Å². The van der Waals surface area contributed by atoms with Gasteiger partial charge < -0.3 is 19.8 Å². The molecule has 2 heterocycles. The van der Waals surface area contributed by atoms with Gasteiger partial charge in [0.2, 0.25) is 0 Å². The van der Waals surface area contributed by atoms with Crippen LogP contribution in [0.2, 0.25) is 10.0 Å². The summed E-state index contributed by atoms with van der Waals surface area (Å²) in [6.45, 7) is 1.80. The van der Waals surface area contributed by atoms with Crippen LogP contribution < -0.4 is 10.6 Å². The maximum atomic E-state index is 12.3. The molecule has 2 aliphatic rings. The van der Waals surface area contributed by atoms with E-state index in [2.05, 4.69) is 10.6 Å². The van der Waals surface area contributed by atoms with Gasteiger partial charge >= 0.3 is 12.2 Å². The molecule has 9 nitrogen and oxygen atoms in total. The number of rotatable bonds is 6. The largest absolute Gasteiger partial charge is 0.445 e. The smallest absolute Gasteiger partial charge is 0.428 e. The number of carbonyl (C=O) groups is 3. The van der Waals surface area contributed by atoms with Crippen LogP contribution in [0.4, 0.5) is 9.59 Å². The van der Waals surface area contributed by atoms with Crippen LogP contribution in [0.5, 0.6) is 0 Å². The van der Waals surface area contributed by atoms with Crippen molar-refractivity contribution in [1.82, 2.24) is 20.6 Å². The number of carbonyl (C=O) groups excluding carboxylic acids is 3. The molecule has 0 radical (unpaired) electrons. The summed E-state index contributed by atoms with van der Waals surface area (Å²) in [5.41, 5.74) is 0.737. The van der Waals surface area contributed by atoms with E-state index in [4.69, 9.17) is 32.8 Å². The number of likely N-dealkylation sites (N-methyl/N-ethyl adjacent to an activating group) is 1. The molecule has 0 aliphatic carbocycles. The molecule has 0 aromatic heterocycles. The molecule has 3 amide bonds. The fraction of sp³-hybridized carbons (Fsp3) is 0.526. The van der Waals surface area contributed by atoms with Crippen LogP contribution in [0.3, 0.4) is 0 Å². The van der Waals surface area contributed by atoms with E-state index < -0.39 is 12.3 Å². The minimum absolute atomic E-state index is 0.112. The number of likely N-dealkylation sites (tertiary alicyclic amines) is 1. The van der Waals surface area contributed by atoms with Crippen molar-refractivity contribution in [3.8, 4) is 0 Å². The van der Waals surface area contributed by atoms with E-state index in [0.717, 1.165) is 24.8 Å². The number of piperidine rings is 1. The lowest BCUT2D eigenvalue weighted by Crippen LogP contribution is -2.48. The zero-order valence-corrected chi connectivity index (χ0v) is 18.0. The Morgan fingerprint density at radius 2 is 1.90 bits per heavy atom. The lowest BCUT2D eigenvalue weighted by Gasteiger charge is -2.31. The summed E-state index contributed by atoms with van der Waals surface area (Å²) in [4.78, 5) is 41.9. The number of hydroxylamine groups is 2. The molecular formula is C19H24Cl2N4O5. The number of benzene rings is 1. The highest BCUT2D eigenvalue weighted by Crippen LogP contribution is 2.22. The first-order valence-corrected chi connectivity index (χ1v) is 10.4. The third-order valence-electron chi connectivity index (χ3n) is 5.10. The number of amides is 3. The number of halogens is 2. The van der Waals surface area contributed by atoms with Crippen LogP contribution in [0, 0.1) is 5.92 Å². The lowest BCUT2D eigenvalue weighted by molar-refractivity contribution is -0.136. The molecule has 30 heavy (non-hydrogen) atoms. The summed E-state index contributed by atoms with van der Waals surface area (Å²) in [5, 5.41) is 7.39. The Morgan fingerprint density at radius 1 is 1.23 bits per heavy atom. The van der Waals surface area contributed by atoms with Gasteiger partial charge in [0.15, 0.2) is 6.17 Å². The monoisotopic (exact) mass is 458 g/mol. The molecule has 2 saturated heterocycles. The summed E-state index contributed by atoms with van der Waals surface area (Å²) in [6.07, 6.45) is 0.631. The van der Waals surface area contributed by atoms with Gasteiger partial charge in [-0.15, -0.1) is 5.06 Å². The Morgan fingerprint density at radius 3 is 2.50 bits per heavy atom. The number of hydrogen-bond acceptors (Lipinski definition) is 6. The van der Waals surface area contributed by atoms with Crippen molar-refractivity contribution in [2.24, 2.45) is 5.92 Å². The molecule has 1 atom stereocenters. The van der Waals surface area contributed by atoms with Gasteiger partial charge in [0.25, 0.3) is 5.91 Å². The topological polar surface area (TPSA) is 100 Å². The summed E-state index contributed by atoms with van der Waals surface area (Å²) in [6, 6.07) is 5.04. The molecule has 164 valence electrons. The fourth-order valence-corrected chi connectivity index (χ4v) is 4.05. The van der Waals surface area contributed by atoms with Crippen molar-refractivity contribution >= 4 is 41.3 Å². The second-order valence-corrected chi connectivity index (χ2v) is 8.19. The van der Waals surface area contributed by atoms with E-state index in [1.54, 1.807) is 23.1 Å². The molecule has 0 saturated carbocycles. The first-order chi connectivity index (χ1) is 14.3. The van der Waals surface area contributed by atoms with Crippen LogP contribution in [0.25, 0.3) is 0 Å². The van der Waals surface area contributed by atoms with Crippen molar-refractivity contribution in [2.45, 2.75) is 32.0 Å². The molecule has 2 aliphatic heterocycles. The van der Waals surface area contributed by atoms with E-state index in [1.807, 2.05) is 0 Å². The predicted molar refractivity (Wildman–Crippen MR) is 110 cm³/mol. The number of hydrogen-bond donors (Lipinski definition) is 2.